The van der Waals surface area contributed by atoms with E-state index in [0.717, 1.165) is 13.1 Å². The first-order chi connectivity index (χ1) is 10.6. The average Bonchev–Trinajstić information content (AvgIpc) is 2.83. The molecule has 4 amide bonds. The number of amides is 4. The average molecular weight is 347 g/mol. The van der Waals surface area contributed by atoms with Crippen LogP contribution in [-0.4, -0.2) is 55.5 Å². The maximum atomic E-state index is 11.9. The second kappa shape index (κ2) is 9.72. The zero-order chi connectivity index (χ0) is 15.9. The molecule has 2 atom stereocenters. The van der Waals surface area contributed by atoms with Crippen LogP contribution >= 0.6 is 12.4 Å². The molecule has 2 aliphatic heterocycles. The van der Waals surface area contributed by atoms with Crippen LogP contribution in [0, 0.1) is 11.8 Å². The smallest absolute Gasteiger partial charge is 0.324 e. The van der Waals surface area contributed by atoms with Crippen LogP contribution in [0.5, 0.6) is 0 Å². The van der Waals surface area contributed by atoms with Crippen molar-refractivity contribution in [2.75, 3.05) is 32.7 Å². The molecule has 0 saturated carbocycles. The number of nitrogens with one attached hydrogen (secondary N) is 3. The molecule has 0 radical (unpaired) electrons. The van der Waals surface area contributed by atoms with E-state index in [2.05, 4.69) is 22.9 Å². The summed E-state index contributed by atoms with van der Waals surface area (Å²) in [6.07, 6.45) is 3.50. The highest BCUT2D eigenvalue weighted by atomic mass is 35.5. The molecule has 7 nitrogen and oxygen atoms in total. The van der Waals surface area contributed by atoms with Gasteiger partial charge in [0.05, 0.1) is 6.54 Å². The highest BCUT2D eigenvalue weighted by molar-refractivity contribution is 6.01. The topological polar surface area (TPSA) is 90.5 Å². The van der Waals surface area contributed by atoms with Gasteiger partial charge in [-0.1, -0.05) is 6.92 Å². The van der Waals surface area contributed by atoms with E-state index in [1.165, 1.54) is 17.7 Å². The third-order valence-corrected chi connectivity index (χ3v) is 4.46. The Kier molecular flexibility index (Phi) is 8.33. The molecule has 0 aromatic heterocycles. The zero-order valence-corrected chi connectivity index (χ0v) is 14.4. The fourth-order valence-electron chi connectivity index (χ4n) is 3.04. The Labute approximate surface area is 143 Å². The van der Waals surface area contributed by atoms with Crippen LogP contribution in [-0.2, 0) is 9.59 Å². The molecule has 2 unspecified atom stereocenters. The maximum Gasteiger partial charge on any atom is 0.324 e. The first-order valence-electron chi connectivity index (χ1n) is 8.13. The summed E-state index contributed by atoms with van der Waals surface area (Å²) in [4.78, 5) is 35.8. The van der Waals surface area contributed by atoms with Gasteiger partial charge in [-0.2, -0.15) is 0 Å². The van der Waals surface area contributed by atoms with Gasteiger partial charge in [-0.05, 0) is 44.2 Å². The molecule has 2 aliphatic rings. The Morgan fingerprint density at radius 2 is 2.22 bits per heavy atom. The van der Waals surface area contributed by atoms with E-state index < -0.39 is 0 Å². The fourth-order valence-corrected chi connectivity index (χ4v) is 3.04. The molecular formula is C15H27ClN4O3. The Bertz CT molecular complexity index is 411. The van der Waals surface area contributed by atoms with E-state index >= 15 is 0 Å². The maximum absolute atomic E-state index is 11.9. The monoisotopic (exact) mass is 346 g/mol. The highest BCUT2D eigenvalue weighted by Gasteiger charge is 2.27. The van der Waals surface area contributed by atoms with Crippen LogP contribution in [0.3, 0.4) is 0 Å². The molecular weight excluding hydrogens is 320 g/mol. The van der Waals surface area contributed by atoms with Crippen molar-refractivity contribution in [1.82, 2.24) is 20.9 Å². The van der Waals surface area contributed by atoms with E-state index in [-0.39, 0.29) is 36.8 Å². The molecule has 0 aliphatic carbocycles. The molecule has 132 valence electrons. The van der Waals surface area contributed by atoms with Gasteiger partial charge < -0.3 is 16.0 Å². The van der Waals surface area contributed by atoms with Gasteiger partial charge in [0, 0.05) is 19.5 Å². The van der Waals surface area contributed by atoms with Crippen molar-refractivity contribution in [3.8, 4) is 0 Å². The third kappa shape index (κ3) is 5.99. The molecule has 8 heteroatoms. The Balaban J connectivity index is 0.00000264. The number of carbonyl (C=O) groups is 3. The van der Waals surface area contributed by atoms with Gasteiger partial charge in [-0.3, -0.25) is 14.5 Å². The number of piperidine rings is 1. The summed E-state index contributed by atoms with van der Waals surface area (Å²) < 4.78 is 0. The number of urea groups is 1. The summed E-state index contributed by atoms with van der Waals surface area (Å²) in [7, 11) is 0. The highest BCUT2D eigenvalue weighted by Crippen LogP contribution is 2.22. The molecule has 2 fully saturated rings. The standard InChI is InChI=1S/C15H26N4O3.ClH/c1-11(12-4-2-5-16-9-12)8-13(20)17-6-3-7-19-14(21)10-18-15(19)22;/h11-12,16H,2-10H2,1H3,(H,17,20)(H,18,22);1H. The van der Waals surface area contributed by atoms with Crippen LogP contribution in [0.4, 0.5) is 4.79 Å². The molecule has 2 saturated heterocycles. The predicted molar refractivity (Wildman–Crippen MR) is 89.4 cm³/mol. The van der Waals surface area contributed by atoms with E-state index in [1.54, 1.807) is 0 Å². The fraction of sp³-hybridized carbons (Fsp3) is 0.800. The van der Waals surface area contributed by atoms with Gasteiger partial charge in [-0.25, -0.2) is 4.79 Å². The Hall–Kier alpha value is -1.34. The molecule has 2 rings (SSSR count). The summed E-state index contributed by atoms with van der Waals surface area (Å²) in [6.45, 7) is 5.14. The lowest BCUT2D eigenvalue weighted by Gasteiger charge is -2.28. The van der Waals surface area contributed by atoms with Crippen LogP contribution in [0.15, 0.2) is 0 Å². The van der Waals surface area contributed by atoms with Gasteiger partial charge in [-0.15, -0.1) is 12.4 Å². The van der Waals surface area contributed by atoms with Crippen molar-refractivity contribution in [2.24, 2.45) is 11.8 Å². The SMILES string of the molecule is CC(CC(=O)NCCCN1C(=O)CNC1=O)C1CCCNC1.Cl. The van der Waals surface area contributed by atoms with Crippen LogP contribution in [0.1, 0.15) is 32.6 Å². The Morgan fingerprint density at radius 3 is 2.83 bits per heavy atom. The van der Waals surface area contributed by atoms with E-state index in [1.807, 2.05) is 0 Å². The number of hydrogen-bond donors (Lipinski definition) is 3. The molecule has 0 aromatic carbocycles. The minimum Gasteiger partial charge on any atom is -0.356 e. The molecule has 23 heavy (non-hydrogen) atoms. The van der Waals surface area contributed by atoms with Crippen molar-refractivity contribution in [2.45, 2.75) is 32.6 Å². The van der Waals surface area contributed by atoms with Gasteiger partial charge in [0.2, 0.25) is 11.8 Å². The predicted octanol–water partition coefficient (Wildman–Crippen LogP) is 0.492. The first-order valence-corrected chi connectivity index (χ1v) is 8.13. The first kappa shape index (κ1) is 19.7. The van der Waals surface area contributed by atoms with Crippen molar-refractivity contribution >= 4 is 30.3 Å². The van der Waals surface area contributed by atoms with Gasteiger partial charge in [0.1, 0.15) is 0 Å². The molecule has 0 bridgehead atoms. The van der Waals surface area contributed by atoms with Crippen molar-refractivity contribution in [3.05, 3.63) is 0 Å². The van der Waals surface area contributed by atoms with Crippen molar-refractivity contribution in [3.63, 3.8) is 0 Å². The lowest BCUT2D eigenvalue weighted by Crippen LogP contribution is -2.36. The molecule has 0 spiro atoms. The van der Waals surface area contributed by atoms with Crippen LogP contribution < -0.4 is 16.0 Å². The van der Waals surface area contributed by atoms with Gasteiger partial charge >= 0.3 is 6.03 Å². The second-order valence-electron chi connectivity index (χ2n) is 6.20. The third-order valence-electron chi connectivity index (χ3n) is 4.46. The largest absolute Gasteiger partial charge is 0.356 e. The number of imide groups is 1. The minimum absolute atomic E-state index is 0. The summed E-state index contributed by atoms with van der Waals surface area (Å²) in [5.74, 6) is 0.800. The van der Waals surface area contributed by atoms with Crippen LogP contribution in [0.25, 0.3) is 0 Å². The molecule has 0 aromatic rings. The van der Waals surface area contributed by atoms with Crippen LogP contribution in [0.2, 0.25) is 0 Å². The summed E-state index contributed by atoms with van der Waals surface area (Å²) in [5.41, 5.74) is 0. The van der Waals surface area contributed by atoms with Crippen molar-refractivity contribution < 1.29 is 14.4 Å². The normalized spacial score (nSPS) is 22.3. The van der Waals surface area contributed by atoms with E-state index in [0.29, 0.717) is 37.8 Å². The molecule has 3 N–H and O–H groups in total. The molecule has 2 heterocycles. The lowest BCUT2D eigenvalue weighted by atomic mass is 9.85. The van der Waals surface area contributed by atoms with Gasteiger partial charge in [0.25, 0.3) is 0 Å². The number of hydrogen-bond acceptors (Lipinski definition) is 4. The summed E-state index contributed by atoms with van der Waals surface area (Å²) in [6, 6.07) is -0.338. The minimum atomic E-state index is -0.338. The second-order valence-corrected chi connectivity index (χ2v) is 6.20. The van der Waals surface area contributed by atoms with E-state index in [9.17, 15) is 14.4 Å². The zero-order valence-electron chi connectivity index (χ0n) is 13.6. The summed E-state index contributed by atoms with van der Waals surface area (Å²) in [5, 5.41) is 8.73. The Morgan fingerprint density at radius 1 is 1.43 bits per heavy atom. The number of carbonyl (C=O) groups excluding carboxylic acids is 3. The number of rotatable bonds is 7. The number of halogens is 1. The summed E-state index contributed by atoms with van der Waals surface area (Å²) >= 11 is 0. The lowest BCUT2D eigenvalue weighted by molar-refractivity contribution is -0.125. The van der Waals surface area contributed by atoms with Crippen molar-refractivity contribution in [1.29, 1.82) is 0 Å². The van der Waals surface area contributed by atoms with Gasteiger partial charge in [0.15, 0.2) is 0 Å². The number of nitrogens with zero attached hydrogens (tertiary/aromatic N) is 1. The van der Waals surface area contributed by atoms with E-state index in [4.69, 9.17) is 0 Å². The quantitative estimate of drug-likeness (QED) is 0.462.